The molecule has 0 radical (unpaired) electrons. The van der Waals surface area contributed by atoms with Crippen molar-refractivity contribution in [2.45, 2.75) is 30.8 Å². The number of ether oxygens (including phenoxy) is 3. The third-order valence-corrected chi connectivity index (χ3v) is 5.48. The van der Waals surface area contributed by atoms with E-state index in [1.165, 1.54) is 7.11 Å². The molecule has 0 bridgehead atoms. The monoisotopic (exact) mass is 446 g/mol. The summed E-state index contributed by atoms with van der Waals surface area (Å²) >= 11 is 5.45. The number of fused-ring (bicyclic) bond motifs is 1. The third-order valence-electron chi connectivity index (χ3n) is 5.26. The summed E-state index contributed by atoms with van der Waals surface area (Å²) in [6.45, 7) is 1.69. The van der Waals surface area contributed by atoms with E-state index in [-0.39, 0.29) is 24.3 Å². The number of rotatable bonds is 6. The highest BCUT2D eigenvalue weighted by Crippen LogP contribution is 2.34. The van der Waals surface area contributed by atoms with Crippen molar-refractivity contribution in [1.29, 1.82) is 0 Å². The number of anilines is 1. The van der Waals surface area contributed by atoms with Gasteiger partial charge in [0.1, 0.15) is 18.2 Å². The summed E-state index contributed by atoms with van der Waals surface area (Å²) in [5.74, 6) is -0.401. The zero-order chi connectivity index (χ0) is 22.0. The van der Waals surface area contributed by atoms with Crippen molar-refractivity contribution in [3.8, 4) is 0 Å². The predicted octanol–water partition coefficient (Wildman–Crippen LogP) is 0.820. The summed E-state index contributed by atoms with van der Waals surface area (Å²) in [6, 6.07) is 6.84. The molecule has 0 saturated carbocycles. The molecule has 0 spiro atoms. The van der Waals surface area contributed by atoms with Gasteiger partial charge in [-0.3, -0.25) is 0 Å². The minimum Gasteiger partial charge on any atom is -0.465 e. The summed E-state index contributed by atoms with van der Waals surface area (Å²) in [5.41, 5.74) is 2.04. The molecular formula is C20H26N6O4S. The van der Waals surface area contributed by atoms with Crippen LogP contribution in [-0.2, 0) is 20.8 Å². The molecule has 2 aromatic rings. The Hall–Kier alpha value is -2.60. The molecule has 2 N–H and O–H groups in total. The van der Waals surface area contributed by atoms with Crippen LogP contribution in [0.4, 0.5) is 5.69 Å². The molecule has 10 nitrogen and oxygen atoms in total. The molecular weight excluding hydrogens is 420 g/mol. The highest BCUT2D eigenvalue weighted by molar-refractivity contribution is 7.80. The number of hydrogen-bond donors (Lipinski definition) is 2. The largest absolute Gasteiger partial charge is 0.465 e. The van der Waals surface area contributed by atoms with Crippen molar-refractivity contribution in [3.05, 3.63) is 41.7 Å². The number of nitrogens with zero attached hydrogens (tertiary/aromatic N) is 4. The first-order chi connectivity index (χ1) is 14.9. The molecule has 2 aliphatic rings. The average Bonchev–Trinajstić information content (AvgIpc) is 3.45. The van der Waals surface area contributed by atoms with E-state index in [0.29, 0.717) is 29.6 Å². The van der Waals surface area contributed by atoms with Crippen molar-refractivity contribution in [1.82, 2.24) is 25.2 Å². The molecule has 1 aromatic heterocycles. The van der Waals surface area contributed by atoms with Gasteiger partial charge in [0, 0.05) is 12.2 Å². The Labute approximate surface area is 185 Å². The molecule has 31 heavy (non-hydrogen) atoms. The third kappa shape index (κ3) is 4.85. The summed E-state index contributed by atoms with van der Waals surface area (Å²) < 4.78 is 18.6. The Kier molecular flexibility index (Phi) is 6.46. The zero-order valence-electron chi connectivity index (χ0n) is 17.6. The molecule has 0 unspecified atom stereocenters. The van der Waals surface area contributed by atoms with Gasteiger partial charge in [0.15, 0.2) is 5.11 Å². The van der Waals surface area contributed by atoms with Crippen LogP contribution in [0.5, 0.6) is 0 Å². The molecule has 1 aromatic carbocycles. The minimum atomic E-state index is -0.401. The number of esters is 1. The number of benzene rings is 1. The summed E-state index contributed by atoms with van der Waals surface area (Å²) in [6.07, 6.45) is 1.67. The first-order valence-corrected chi connectivity index (χ1v) is 10.4. The maximum absolute atomic E-state index is 11.7. The van der Waals surface area contributed by atoms with Gasteiger partial charge in [-0.2, -0.15) is 0 Å². The van der Waals surface area contributed by atoms with Crippen molar-refractivity contribution in [2.75, 3.05) is 39.7 Å². The van der Waals surface area contributed by atoms with E-state index >= 15 is 0 Å². The number of hydrogen-bond acceptors (Lipinski definition) is 8. The van der Waals surface area contributed by atoms with Gasteiger partial charge >= 0.3 is 5.97 Å². The molecule has 11 heteroatoms. The molecule has 4 rings (SSSR count). The Morgan fingerprint density at radius 1 is 1.32 bits per heavy atom. The van der Waals surface area contributed by atoms with Gasteiger partial charge in [0.05, 0.1) is 43.8 Å². The molecule has 4 atom stereocenters. The second kappa shape index (κ2) is 9.27. The summed E-state index contributed by atoms with van der Waals surface area (Å²) in [4.78, 5) is 13.8. The number of thiocarbonyl (C=S) groups is 1. The highest BCUT2D eigenvalue weighted by Gasteiger charge is 2.49. The molecule has 0 amide bonds. The van der Waals surface area contributed by atoms with Crippen LogP contribution < -0.4 is 10.6 Å². The van der Waals surface area contributed by atoms with Gasteiger partial charge in [0.25, 0.3) is 0 Å². The average molecular weight is 447 g/mol. The number of carbonyl (C=O) groups is 1. The first kappa shape index (κ1) is 21.6. The molecule has 2 aliphatic heterocycles. The standard InChI is InChI=1S/C20H26N6O4S/c1-25(2)8-14-9-26(24-23-14)16-11-30-17-15(10-29-18(16)17)22-20(31)21-13-6-4-5-12(7-13)19(27)28-3/h4-7,9,15-18H,8,10-11H2,1-3H3,(H2,21,22,31)/t15-,16-,17+,18+/m0/s1. The molecule has 3 heterocycles. The van der Waals surface area contributed by atoms with Crippen LogP contribution in [0.25, 0.3) is 0 Å². The second-order valence-electron chi connectivity index (χ2n) is 7.87. The second-order valence-corrected chi connectivity index (χ2v) is 8.28. The number of aromatic nitrogens is 3. The van der Waals surface area contributed by atoms with Crippen LogP contribution in [0.1, 0.15) is 22.1 Å². The van der Waals surface area contributed by atoms with Crippen LogP contribution in [0.3, 0.4) is 0 Å². The lowest BCUT2D eigenvalue weighted by atomic mass is 10.1. The minimum absolute atomic E-state index is 0.0292. The van der Waals surface area contributed by atoms with Crippen LogP contribution in [0, 0.1) is 0 Å². The lowest BCUT2D eigenvalue weighted by Crippen LogP contribution is -2.45. The zero-order valence-corrected chi connectivity index (χ0v) is 18.5. The lowest BCUT2D eigenvalue weighted by molar-refractivity contribution is 0.0600. The van der Waals surface area contributed by atoms with Crippen molar-refractivity contribution >= 4 is 29.0 Å². The van der Waals surface area contributed by atoms with E-state index in [0.717, 1.165) is 12.2 Å². The summed E-state index contributed by atoms with van der Waals surface area (Å²) in [7, 11) is 5.34. The predicted molar refractivity (Wildman–Crippen MR) is 117 cm³/mol. The fourth-order valence-electron chi connectivity index (χ4n) is 3.88. The lowest BCUT2D eigenvalue weighted by Gasteiger charge is -2.20. The molecule has 2 fully saturated rings. The van der Waals surface area contributed by atoms with E-state index in [9.17, 15) is 4.79 Å². The Balaban J connectivity index is 1.35. The molecule has 2 saturated heterocycles. The van der Waals surface area contributed by atoms with E-state index in [2.05, 4.69) is 20.9 Å². The van der Waals surface area contributed by atoms with Crippen molar-refractivity contribution < 1.29 is 19.0 Å². The van der Waals surface area contributed by atoms with E-state index in [1.807, 2.05) is 35.9 Å². The van der Waals surface area contributed by atoms with Crippen LogP contribution in [0.2, 0.25) is 0 Å². The maximum Gasteiger partial charge on any atom is 0.337 e. The summed E-state index contributed by atoms with van der Waals surface area (Å²) in [5, 5.41) is 15.3. The van der Waals surface area contributed by atoms with E-state index in [1.54, 1.807) is 18.2 Å². The fourth-order valence-corrected chi connectivity index (χ4v) is 4.15. The van der Waals surface area contributed by atoms with Gasteiger partial charge in [0.2, 0.25) is 0 Å². The Morgan fingerprint density at radius 3 is 2.90 bits per heavy atom. The van der Waals surface area contributed by atoms with Crippen LogP contribution in [0.15, 0.2) is 30.5 Å². The Bertz CT molecular complexity index is 951. The molecule has 166 valence electrons. The van der Waals surface area contributed by atoms with Gasteiger partial charge in [-0.15, -0.1) is 5.10 Å². The molecule has 0 aliphatic carbocycles. The van der Waals surface area contributed by atoms with E-state index in [4.69, 9.17) is 26.4 Å². The fraction of sp³-hybridized carbons (Fsp3) is 0.500. The first-order valence-electron chi connectivity index (χ1n) is 9.99. The SMILES string of the molecule is COC(=O)c1cccc(NC(=S)N[C@H]2CO[C@H]3[C@@H]2OC[C@@H]3n2cc(CN(C)C)nn2)c1. The number of carbonyl (C=O) groups excluding carboxylic acids is 1. The maximum atomic E-state index is 11.7. The van der Waals surface area contributed by atoms with Crippen molar-refractivity contribution in [2.24, 2.45) is 0 Å². The van der Waals surface area contributed by atoms with E-state index < -0.39 is 5.97 Å². The van der Waals surface area contributed by atoms with Crippen LogP contribution in [-0.4, -0.2) is 83.6 Å². The van der Waals surface area contributed by atoms with Gasteiger partial charge in [-0.1, -0.05) is 11.3 Å². The van der Waals surface area contributed by atoms with Gasteiger partial charge < -0.3 is 29.7 Å². The van der Waals surface area contributed by atoms with Gasteiger partial charge in [-0.25, -0.2) is 9.48 Å². The number of nitrogens with one attached hydrogen (secondary N) is 2. The quantitative estimate of drug-likeness (QED) is 0.490. The Morgan fingerprint density at radius 2 is 2.13 bits per heavy atom. The van der Waals surface area contributed by atoms with Gasteiger partial charge in [-0.05, 0) is 44.5 Å². The van der Waals surface area contributed by atoms with Crippen LogP contribution >= 0.6 is 12.2 Å². The number of methoxy groups -OCH3 is 1. The smallest absolute Gasteiger partial charge is 0.337 e. The normalized spacial score (nSPS) is 24.8. The van der Waals surface area contributed by atoms with Crippen molar-refractivity contribution in [3.63, 3.8) is 0 Å². The highest BCUT2D eigenvalue weighted by atomic mass is 32.1. The topological polar surface area (TPSA) is 103 Å².